The summed E-state index contributed by atoms with van der Waals surface area (Å²) in [6.07, 6.45) is 4.42. The number of piperidine rings is 1. The van der Waals surface area contributed by atoms with Crippen LogP contribution in [0.1, 0.15) is 38.2 Å². The van der Waals surface area contributed by atoms with Crippen molar-refractivity contribution in [3.05, 3.63) is 35.9 Å². The fourth-order valence-electron chi connectivity index (χ4n) is 2.65. The van der Waals surface area contributed by atoms with Crippen LogP contribution < -0.4 is 0 Å². The highest BCUT2D eigenvalue weighted by Gasteiger charge is 2.23. The lowest BCUT2D eigenvalue weighted by atomic mass is 9.97. The molecule has 17 heavy (non-hydrogen) atoms. The van der Waals surface area contributed by atoms with Crippen molar-refractivity contribution in [2.24, 2.45) is 0 Å². The standard InChI is InChI=1S/C15H21NO/c1-13(17)11-15-9-5-6-10-16(15)12-14-7-3-2-4-8-14/h2-4,7-8,15H,5-6,9-12H2,1H3. The first-order valence-electron chi connectivity index (χ1n) is 6.53. The van der Waals surface area contributed by atoms with E-state index in [9.17, 15) is 4.79 Å². The molecule has 1 aliphatic heterocycles. The van der Waals surface area contributed by atoms with E-state index in [1.807, 2.05) is 6.07 Å². The molecule has 1 heterocycles. The maximum atomic E-state index is 11.3. The molecule has 1 atom stereocenters. The van der Waals surface area contributed by atoms with Crippen molar-refractivity contribution in [3.63, 3.8) is 0 Å². The Hall–Kier alpha value is -1.15. The summed E-state index contributed by atoms with van der Waals surface area (Å²) < 4.78 is 0. The SMILES string of the molecule is CC(=O)CC1CCCCN1Cc1ccccc1. The van der Waals surface area contributed by atoms with Crippen molar-refractivity contribution in [2.75, 3.05) is 6.54 Å². The number of hydrogen-bond acceptors (Lipinski definition) is 2. The second kappa shape index (κ2) is 5.97. The maximum absolute atomic E-state index is 11.3. The number of nitrogens with zero attached hydrogens (tertiary/aromatic N) is 1. The van der Waals surface area contributed by atoms with Crippen molar-refractivity contribution < 1.29 is 4.79 Å². The van der Waals surface area contributed by atoms with Crippen molar-refractivity contribution >= 4 is 5.78 Å². The molecule has 1 fully saturated rings. The topological polar surface area (TPSA) is 20.3 Å². The molecule has 2 heteroatoms. The van der Waals surface area contributed by atoms with E-state index in [0.717, 1.165) is 13.1 Å². The molecule has 0 bridgehead atoms. The van der Waals surface area contributed by atoms with Crippen LogP contribution in [-0.2, 0) is 11.3 Å². The molecule has 1 aromatic rings. The molecule has 1 unspecified atom stereocenters. The van der Waals surface area contributed by atoms with Crippen LogP contribution in [0, 0.1) is 0 Å². The summed E-state index contributed by atoms with van der Waals surface area (Å²) in [5.74, 6) is 0.315. The number of benzene rings is 1. The van der Waals surface area contributed by atoms with Crippen LogP contribution >= 0.6 is 0 Å². The van der Waals surface area contributed by atoms with E-state index >= 15 is 0 Å². The summed E-state index contributed by atoms with van der Waals surface area (Å²) in [6, 6.07) is 11.0. The van der Waals surface area contributed by atoms with Gasteiger partial charge in [-0.3, -0.25) is 9.69 Å². The van der Waals surface area contributed by atoms with Crippen LogP contribution in [-0.4, -0.2) is 23.3 Å². The van der Waals surface area contributed by atoms with Crippen LogP contribution in [0.5, 0.6) is 0 Å². The van der Waals surface area contributed by atoms with E-state index in [1.165, 1.54) is 24.8 Å². The number of hydrogen-bond donors (Lipinski definition) is 0. The van der Waals surface area contributed by atoms with Gasteiger partial charge in [-0.1, -0.05) is 36.8 Å². The molecule has 1 aliphatic rings. The Labute approximate surface area is 104 Å². The van der Waals surface area contributed by atoms with Gasteiger partial charge in [-0.05, 0) is 31.9 Å². The molecule has 1 saturated heterocycles. The van der Waals surface area contributed by atoms with E-state index in [0.29, 0.717) is 18.2 Å². The van der Waals surface area contributed by atoms with Crippen molar-refractivity contribution in [1.82, 2.24) is 4.90 Å². The third kappa shape index (κ3) is 3.67. The minimum atomic E-state index is 0.315. The van der Waals surface area contributed by atoms with Gasteiger partial charge in [0.25, 0.3) is 0 Å². The molecule has 1 aromatic carbocycles. The average Bonchev–Trinajstić information content (AvgIpc) is 2.32. The third-order valence-electron chi connectivity index (χ3n) is 3.50. The molecule has 0 amide bonds. The third-order valence-corrected chi connectivity index (χ3v) is 3.50. The van der Waals surface area contributed by atoms with Gasteiger partial charge in [-0.2, -0.15) is 0 Å². The van der Waals surface area contributed by atoms with E-state index in [1.54, 1.807) is 6.92 Å². The Morgan fingerprint density at radius 2 is 2.06 bits per heavy atom. The molecule has 0 aromatic heterocycles. The normalized spacial score (nSPS) is 21.4. The Balaban J connectivity index is 1.99. The minimum Gasteiger partial charge on any atom is -0.300 e. The highest BCUT2D eigenvalue weighted by Crippen LogP contribution is 2.22. The molecule has 0 radical (unpaired) electrons. The zero-order valence-corrected chi connectivity index (χ0v) is 10.6. The van der Waals surface area contributed by atoms with Gasteiger partial charge < -0.3 is 0 Å². The molecular weight excluding hydrogens is 210 g/mol. The van der Waals surface area contributed by atoms with Gasteiger partial charge in [0, 0.05) is 19.0 Å². The molecule has 2 nitrogen and oxygen atoms in total. The first-order chi connectivity index (χ1) is 8.25. The van der Waals surface area contributed by atoms with Gasteiger partial charge in [-0.15, -0.1) is 0 Å². The van der Waals surface area contributed by atoms with E-state index in [2.05, 4.69) is 29.2 Å². The predicted octanol–water partition coefficient (Wildman–Crippen LogP) is 3.02. The van der Waals surface area contributed by atoms with Crippen LogP contribution in [0.2, 0.25) is 0 Å². The smallest absolute Gasteiger partial charge is 0.131 e. The number of Topliss-reactive ketones (excluding diaryl/α,β-unsaturated/α-hetero) is 1. The summed E-state index contributed by atoms with van der Waals surface area (Å²) in [7, 11) is 0. The van der Waals surface area contributed by atoms with E-state index < -0.39 is 0 Å². The van der Waals surface area contributed by atoms with Gasteiger partial charge >= 0.3 is 0 Å². The largest absolute Gasteiger partial charge is 0.300 e. The van der Waals surface area contributed by atoms with Gasteiger partial charge in [0.05, 0.1) is 0 Å². The fraction of sp³-hybridized carbons (Fsp3) is 0.533. The number of carbonyl (C=O) groups is 1. The molecule has 0 aliphatic carbocycles. The summed E-state index contributed by atoms with van der Waals surface area (Å²) in [4.78, 5) is 13.8. The molecule has 0 spiro atoms. The van der Waals surface area contributed by atoms with Crippen molar-refractivity contribution in [3.8, 4) is 0 Å². The number of carbonyl (C=O) groups excluding carboxylic acids is 1. The first-order valence-corrected chi connectivity index (χ1v) is 6.53. The van der Waals surface area contributed by atoms with Gasteiger partial charge in [0.1, 0.15) is 5.78 Å². The van der Waals surface area contributed by atoms with Crippen molar-refractivity contribution in [2.45, 2.75) is 45.2 Å². The first kappa shape index (κ1) is 12.3. The summed E-state index contributed by atoms with van der Waals surface area (Å²) in [6.45, 7) is 3.82. The quantitative estimate of drug-likeness (QED) is 0.794. The van der Waals surface area contributed by atoms with Crippen LogP contribution in [0.4, 0.5) is 0 Å². The Kier molecular flexibility index (Phi) is 4.32. The van der Waals surface area contributed by atoms with E-state index in [-0.39, 0.29) is 0 Å². The Morgan fingerprint density at radius 1 is 1.29 bits per heavy atom. The Bertz CT molecular complexity index is 360. The summed E-state index contributed by atoms with van der Waals surface area (Å²) >= 11 is 0. The Morgan fingerprint density at radius 3 is 2.76 bits per heavy atom. The second-order valence-electron chi connectivity index (χ2n) is 5.01. The molecule has 2 rings (SSSR count). The second-order valence-corrected chi connectivity index (χ2v) is 5.01. The number of ketones is 1. The zero-order valence-electron chi connectivity index (χ0n) is 10.6. The molecule has 92 valence electrons. The van der Waals surface area contributed by atoms with Crippen molar-refractivity contribution in [1.29, 1.82) is 0 Å². The lowest BCUT2D eigenvalue weighted by molar-refractivity contribution is -0.118. The molecule has 0 N–H and O–H groups in total. The van der Waals surface area contributed by atoms with Crippen LogP contribution in [0.3, 0.4) is 0 Å². The average molecular weight is 231 g/mol. The summed E-state index contributed by atoms with van der Waals surface area (Å²) in [5, 5.41) is 0. The molecular formula is C15H21NO. The zero-order chi connectivity index (χ0) is 12.1. The highest BCUT2D eigenvalue weighted by molar-refractivity contribution is 5.76. The lowest BCUT2D eigenvalue weighted by Gasteiger charge is -2.35. The van der Waals surface area contributed by atoms with E-state index in [4.69, 9.17) is 0 Å². The monoisotopic (exact) mass is 231 g/mol. The van der Waals surface area contributed by atoms with Gasteiger partial charge in [-0.25, -0.2) is 0 Å². The number of rotatable bonds is 4. The fourth-order valence-corrected chi connectivity index (χ4v) is 2.65. The minimum absolute atomic E-state index is 0.315. The van der Waals surface area contributed by atoms with Gasteiger partial charge in [0.2, 0.25) is 0 Å². The van der Waals surface area contributed by atoms with Gasteiger partial charge in [0.15, 0.2) is 0 Å². The maximum Gasteiger partial charge on any atom is 0.131 e. The predicted molar refractivity (Wildman–Crippen MR) is 69.8 cm³/mol. The molecule has 0 saturated carbocycles. The van der Waals surface area contributed by atoms with Crippen LogP contribution in [0.15, 0.2) is 30.3 Å². The number of likely N-dealkylation sites (tertiary alicyclic amines) is 1. The highest BCUT2D eigenvalue weighted by atomic mass is 16.1. The summed E-state index contributed by atoms with van der Waals surface area (Å²) in [5.41, 5.74) is 1.35. The van der Waals surface area contributed by atoms with Crippen LogP contribution in [0.25, 0.3) is 0 Å². The lowest BCUT2D eigenvalue weighted by Crippen LogP contribution is -2.39.